The molecule has 4 rings (SSSR count). The van der Waals surface area contributed by atoms with Gasteiger partial charge in [-0.05, 0) is 75.4 Å². The maximum absolute atomic E-state index is 13.5. The first kappa shape index (κ1) is 25.2. The summed E-state index contributed by atoms with van der Waals surface area (Å²) in [5.41, 5.74) is 0.967. The Bertz CT molecular complexity index is 984. The normalized spacial score (nSPS) is 20.2. The maximum Gasteiger partial charge on any atom is 0.269 e. The highest BCUT2D eigenvalue weighted by Gasteiger charge is 2.41. The van der Waals surface area contributed by atoms with E-state index in [0.717, 1.165) is 62.1 Å². The summed E-state index contributed by atoms with van der Waals surface area (Å²) < 4.78 is 5.93. The van der Waals surface area contributed by atoms with Gasteiger partial charge in [0.25, 0.3) is 5.69 Å². The number of hydrogen-bond donors (Lipinski definition) is 1. The van der Waals surface area contributed by atoms with Crippen molar-refractivity contribution in [2.24, 2.45) is 0 Å². The molecule has 2 aromatic carbocycles. The van der Waals surface area contributed by atoms with E-state index >= 15 is 0 Å². The highest BCUT2D eigenvalue weighted by atomic mass is 16.6. The van der Waals surface area contributed by atoms with Gasteiger partial charge in [0.15, 0.2) is 0 Å². The Balaban J connectivity index is 1.34. The van der Waals surface area contributed by atoms with Crippen LogP contribution in [0.1, 0.15) is 70.3 Å². The van der Waals surface area contributed by atoms with E-state index in [9.17, 15) is 14.9 Å². The number of nitro benzene ring substituents is 1. The van der Waals surface area contributed by atoms with Crippen molar-refractivity contribution in [3.05, 3.63) is 64.2 Å². The average Bonchev–Trinajstić information content (AvgIpc) is 2.89. The number of carbonyl (C=O) groups is 1. The van der Waals surface area contributed by atoms with Crippen LogP contribution in [0.4, 0.5) is 11.4 Å². The van der Waals surface area contributed by atoms with Gasteiger partial charge in [0.05, 0.1) is 16.9 Å². The number of non-ortho nitro benzene ring substituents is 1. The van der Waals surface area contributed by atoms with Crippen molar-refractivity contribution in [2.75, 3.05) is 25.0 Å². The predicted molar refractivity (Wildman–Crippen MR) is 138 cm³/mol. The van der Waals surface area contributed by atoms with Crippen LogP contribution >= 0.6 is 0 Å². The Morgan fingerprint density at radius 2 is 1.77 bits per heavy atom. The van der Waals surface area contributed by atoms with Gasteiger partial charge < -0.3 is 15.0 Å². The summed E-state index contributed by atoms with van der Waals surface area (Å²) in [7, 11) is 0. The Hall–Kier alpha value is -2.93. The van der Waals surface area contributed by atoms with Crippen molar-refractivity contribution in [3.63, 3.8) is 0 Å². The minimum Gasteiger partial charge on any atom is -0.494 e. The number of benzene rings is 2. The lowest BCUT2D eigenvalue weighted by Gasteiger charge is -2.36. The molecule has 1 heterocycles. The molecule has 2 fully saturated rings. The molecular weight excluding hydrogens is 442 g/mol. The number of carbonyl (C=O) groups excluding carboxylic acids is 1. The Labute approximate surface area is 208 Å². The fourth-order valence-corrected chi connectivity index (χ4v) is 5.54. The van der Waals surface area contributed by atoms with Gasteiger partial charge in [-0.1, -0.05) is 37.8 Å². The second kappa shape index (κ2) is 11.7. The van der Waals surface area contributed by atoms with E-state index in [0.29, 0.717) is 12.6 Å². The van der Waals surface area contributed by atoms with Crippen molar-refractivity contribution in [1.82, 2.24) is 4.90 Å². The first-order valence-electron chi connectivity index (χ1n) is 13.0. The number of likely N-dealkylation sites (tertiary alicyclic amines) is 1. The van der Waals surface area contributed by atoms with E-state index in [1.165, 1.54) is 37.9 Å². The molecule has 1 aliphatic carbocycles. The van der Waals surface area contributed by atoms with Crippen LogP contribution in [0, 0.1) is 10.1 Å². The summed E-state index contributed by atoms with van der Waals surface area (Å²) in [5.74, 6) is 0.757. The highest BCUT2D eigenvalue weighted by molar-refractivity contribution is 5.99. The molecule has 0 bridgehead atoms. The van der Waals surface area contributed by atoms with Crippen LogP contribution in [0.5, 0.6) is 5.75 Å². The third-order valence-electron chi connectivity index (χ3n) is 7.68. The van der Waals surface area contributed by atoms with E-state index in [1.807, 2.05) is 24.3 Å². The second-order valence-electron chi connectivity index (χ2n) is 10.0. The van der Waals surface area contributed by atoms with Crippen LogP contribution in [0.2, 0.25) is 0 Å². The number of hydrogen-bond acceptors (Lipinski definition) is 5. The molecule has 1 aliphatic heterocycles. The zero-order chi connectivity index (χ0) is 24.7. The van der Waals surface area contributed by atoms with Gasteiger partial charge in [-0.25, -0.2) is 0 Å². The van der Waals surface area contributed by atoms with Crippen LogP contribution in [0.3, 0.4) is 0 Å². The fraction of sp³-hybridized carbons (Fsp3) is 0.536. The summed E-state index contributed by atoms with van der Waals surface area (Å²) in [4.78, 5) is 26.7. The number of nitrogens with zero attached hydrogens (tertiary/aromatic N) is 2. The van der Waals surface area contributed by atoms with Crippen molar-refractivity contribution in [2.45, 2.75) is 76.2 Å². The van der Waals surface area contributed by atoms with Crippen LogP contribution in [-0.2, 0) is 10.2 Å². The molecule has 0 aromatic heterocycles. The van der Waals surface area contributed by atoms with Gasteiger partial charge in [-0.2, -0.15) is 0 Å². The first-order chi connectivity index (χ1) is 17.0. The number of nitro groups is 1. The summed E-state index contributed by atoms with van der Waals surface area (Å²) in [6, 6.07) is 14.7. The lowest BCUT2D eigenvalue weighted by atomic mass is 9.68. The summed E-state index contributed by atoms with van der Waals surface area (Å²) in [5, 5.41) is 14.1. The Kier molecular flexibility index (Phi) is 8.39. The topological polar surface area (TPSA) is 84.7 Å². The summed E-state index contributed by atoms with van der Waals surface area (Å²) in [6.07, 6.45) is 9.45. The molecule has 2 aliphatic rings. The lowest BCUT2D eigenvalue weighted by molar-refractivity contribution is -0.384. The van der Waals surface area contributed by atoms with Gasteiger partial charge in [0.2, 0.25) is 5.91 Å². The predicted octanol–water partition coefficient (Wildman–Crippen LogP) is 6.08. The molecular formula is C28H37N3O4. The number of anilines is 1. The molecule has 35 heavy (non-hydrogen) atoms. The smallest absolute Gasteiger partial charge is 0.269 e. The highest BCUT2D eigenvalue weighted by Crippen LogP contribution is 2.41. The Morgan fingerprint density at radius 1 is 1.06 bits per heavy atom. The van der Waals surface area contributed by atoms with Gasteiger partial charge >= 0.3 is 0 Å². The molecule has 1 saturated carbocycles. The Morgan fingerprint density at radius 3 is 2.43 bits per heavy atom. The SMILES string of the molecule is CC1CCCCN1CCCOc1ccc(NC(=O)C2(c3ccc([N+](=O)[O-])cc3)CCCCC2)cc1. The third-order valence-corrected chi connectivity index (χ3v) is 7.68. The molecule has 1 atom stereocenters. The van der Waals surface area contributed by atoms with Crippen molar-refractivity contribution >= 4 is 17.3 Å². The molecule has 1 saturated heterocycles. The summed E-state index contributed by atoms with van der Waals surface area (Å²) in [6.45, 7) is 5.25. The maximum atomic E-state index is 13.5. The standard InChI is InChI=1S/C28H37N3O4/c1-22-8-3-6-19-30(22)20-7-21-35-26-15-11-24(12-16-26)29-27(32)28(17-4-2-5-18-28)23-9-13-25(14-10-23)31(33)34/h9-16,22H,2-8,17-21H2,1H3,(H,29,32). The average molecular weight is 480 g/mol. The zero-order valence-electron chi connectivity index (χ0n) is 20.7. The molecule has 2 aromatic rings. The van der Waals surface area contributed by atoms with Crippen molar-refractivity contribution < 1.29 is 14.5 Å². The van der Waals surface area contributed by atoms with E-state index < -0.39 is 10.3 Å². The quantitative estimate of drug-likeness (QED) is 0.268. The molecule has 7 nitrogen and oxygen atoms in total. The van der Waals surface area contributed by atoms with E-state index in [1.54, 1.807) is 12.1 Å². The lowest BCUT2D eigenvalue weighted by Crippen LogP contribution is -2.42. The molecule has 7 heteroatoms. The number of ether oxygens (including phenoxy) is 1. The fourth-order valence-electron chi connectivity index (χ4n) is 5.54. The molecule has 0 spiro atoms. The van der Waals surface area contributed by atoms with Crippen LogP contribution < -0.4 is 10.1 Å². The van der Waals surface area contributed by atoms with E-state index in [-0.39, 0.29) is 11.6 Å². The largest absolute Gasteiger partial charge is 0.494 e. The molecule has 188 valence electrons. The minimum atomic E-state index is -0.659. The molecule has 1 amide bonds. The van der Waals surface area contributed by atoms with Crippen LogP contribution in [-0.4, -0.2) is 41.5 Å². The number of rotatable bonds is 9. The summed E-state index contributed by atoms with van der Waals surface area (Å²) >= 11 is 0. The van der Waals surface area contributed by atoms with Crippen LogP contribution in [0.15, 0.2) is 48.5 Å². The zero-order valence-corrected chi connectivity index (χ0v) is 20.7. The van der Waals surface area contributed by atoms with E-state index in [2.05, 4.69) is 17.1 Å². The molecule has 0 radical (unpaired) electrons. The van der Waals surface area contributed by atoms with E-state index in [4.69, 9.17) is 4.74 Å². The number of piperidine rings is 1. The molecule has 1 unspecified atom stereocenters. The second-order valence-corrected chi connectivity index (χ2v) is 10.0. The third kappa shape index (κ3) is 6.20. The van der Waals surface area contributed by atoms with Gasteiger partial charge in [0.1, 0.15) is 5.75 Å². The van der Waals surface area contributed by atoms with Crippen LogP contribution in [0.25, 0.3) is 0 Å². The van der Waals surface area contributed by atoms with Crippen molar-refractivity contribution in [1.29, 1.82) is 0 Å². The number of nitrogens with one attached hydrogen (secondary N) is 1. The minimum absolute atomic E-state index is 0.0427. The van der Waals surface area contributed by atoms with Gasteiger partial charge in [-0.15, -0.1) is 0 Å². The first-order valence-corrected chi connectivity index (χ1v) is 13.0. The monoisotopic (exact) mass is 479 g/mol. The van der Waals surface area contributed by atoms with Gasteiger partial charge in [0, 0.05) is 30.4 Å². The molecule has 1 N–H and O–H groups in total. The van der Waals surface area contributed by atoms with Crippen molar-refractivity contribution in [3.8, 4) is 5.75 Å². The van der Waals surface area contributed by atoms with Gasteiger partial charge in [-0.3, -0.25) is 14.9 Å². The number of amides is 1.